The molecule has 0 unspecified atom stereocenters. The van der Waals surface area contributed by atoms with E-state index in [1.807, 2.05) is 0 Å². The molecule has 1 fully saturated rings. The van der Waals surface area contributed by atoms with Crippen LogP contribution in [0.15, 0.2) is 4.99 Å². The Morgan fingerprint density at radius 1 is 1.56 bits per heavy atom. The third-order valence-corrected chi connectivity index (χ3v) is 1.27. The van der Waals surface area contributed by atoms with Gasteiger partial charge < -0.3 is 5.73 Å². The largest absolute Gasteiger partial charge is 0.316 e. The van der Waals surface area contributed by atoms with E-state index in [1.165, 1.54) is 7.05 Å². The molecule has 2 N–H and O–H groups in total. The topological polar surface area (TPSA) is 72.5 Å². The zero-order valence-electron chi connectivity index (χ0n) is 4.92. The van der Waals surface area contributed by atoms with Gasteiger partial charge in [-0.15, -0.1) is 0 Å². The predicted octanol–water partition coefficient (Wildman–Crippen LogP) is -1.46. The van der Waals surface area contributed by atoms with Gasteiger partial charge in [0.1, 0.15) is 11.8 Å². The Morgan fingerprint density at radius 3 is 2.33 bits per heavy atom. The van der Waals surface area contributed by atoms with Crippen molar-refractivity contribution in [2.24, 2.45) is 10.7 Å². The van der Waals surface area contributed by atoms with Crippen LogP contribution in [0.25, 0.3) is 0 Å². The van der Waals surface area contributed by atoms with Gasteiger partial charge in [-0.05, 0) is 0 Å². The highest BCUT2D eigenvalue weighted by molar-refractivity contribution is 6.80. The van der Waals surface area contributed by atoms with E-state index in [4.69, 9.17) is 5.73 Å². The summed E-state index contributed by atoms with van der Waals surface area (Å²) in [4.78, 5) is 24.3. The summed E-state index contributed by atoms with van der Waals surface area (Å²) in [6, 6.07) is -0.748. The quantitative estimate of drug-likeness (QED) is 0.403. The summed E-state index contributed by atoms with van der Waals surface area (Å²) in [6.07, 6.45) is 0. The predicted molar refractivity (Wildman–Crippen MR) is 31.3 cm³/mol. The number of carbonyl (C=O) groups is 2. The van der Waals surface area contributed by atoms with Gasteiger partial charge in [0.05, 0.1) is 0 Å². The number of hydrogen-bond donors (Lipinski definition) is 1. The number of rotatable bonds is 0. The van der Waals surface area contributed by atoms with Crippen molar-refractivity contribution in [3.05, 3.63) is 0 Å². The van der Waals surface area contributed by atoms with Crippen molar-refractivity contribution < 1.29 is 9.59 Å². The first-order valence-corrected chi connectivity index (χ1v) is 2.49. The zero-order valence-corrected chi connectivity index (χ0v) is 4.92. The number of hydrogen-bond acceptors (Lipinski definition) is 4. The Balaban J connectivity index is 2.86. The highest BCUT2D eigenvalue weighted by Gasteiger charge is 2.42. The van der Waals surface area contributed by atoms with Gasteiger partial charge in [0.2, 0.25) is 11.6 Å². The fraction of sp³-hybridized carbons (Fsp3) is 0.400. The summed E-state index contributed by atoms with van der Waals surface area (Å²) in [7, 11) is 1.44. The molecule has 1 rings (SSSR count). The monoisotopic (exact) mass is 126 g/mol. The first-order chi connectivity index (χ1) is 4.18. The first kappa shape index (κ1) is 6.10. The molecule has 0 spiro atoms. The molecule has 0 aromatic rings. The molecular formula is C5H6N2O2. The number of carbonyl (C=O) groups excluding carboxylic acids is 2. The Morgan fingerprint density at radius 2 is 2.11 bits per heavy atom. The maximum Gasteiger partial charge on any atom is 0.246 e. The van der Waals surface area contributed by atoms with E-state index in [0.29, 0.717) is 0 Å². The van der Waals surface area contributed by atoms with Gasteiger partial charge in [0.25, 0.3) is 0 Å². The second-order valence-electron chi connectivity index (χ2n) is 1.78. The maximum absolute atomic E-state index is 10.4. The van der Waals surface area contributed by atoms with Crippen molar-refractivity contribution in [1.29, 1.82) is 0 Å². The second kappa shape index (κ2) is 1.73. The molecule has 0 heterocycles. The van der Waals surface area contributed by atoms with Crippen molar-refractivity contribution in [3.63, 3.8) is 0 Å². The minimum absolute atomic E-state index is 0.194. The SMILES string of the molecule is C/N=C1\C(=O)C(=O)[C@@H]1N. The Labute approximate surface area is 51.8 Å². The summed E-state index contributed by atoms with van der Waals surface area (Å²) >= 11 is 0. The molecule has 0 aromatic heterocycles. The van der Waals surface area contributed by atoms with Gasteiger partial charge in [-0.1, -0.05) is 0 Å². The van der Waals surface area contributed by atoms with E-state index in [2.05, 4.69) is 4.99 Å². The summed E-state index contributed by atoms with van der Waals surface area (Å²) in [5.74, 6) is -1.07. The average Bonchev–Trinajstić information content (AvgIpc) is 1.89. The number of nitrogens with zero attached hydrogens (tertiary/aromatic N) is 1. The second-order valence-corrected chi connectivity index (χ2v) is 1.78. The van der Waals surface area contributed by atoms with E-state index in [0.717, 1.165) is 0 Å². The smallest absolute Gasteiger partial charge is 0.246 e. The van der Waals surface area contributed by atoms with Crippen LogP contribution < -0.4 is 5.73 Å². The minimum Gasteiger partial charge on any atom is -0.316 e. The van der Waals surface area contributed by atoms with Crippen LogP contribution >= 0.6 is 0 Å². The normalized spacial score (nSPS) is 30.9. The molecule has 1 aliphatic carbocycles. The van der Waals surface area contributed by atoms with Crippen LogP contribution in [-0.4, -0.2) is 30.4 Å². The van der Waals surface area contributed by atoms with E-state index in [9.17, 15) is 9.59 Å². The summed E-state index contributed by atoms with van der Waals surface area (Å²) in [5.41, 5.74) is 5.36. The van der Waals surface area contributed by atoms with Crippen LogP contribution in [0.2, 0.25) is 0 Å². The van der Waals surface area contributed by atoms with Gasteiger partial charge in [-0.25, -0.2) is 0 Å². The number of nitrogens with two attached hydrogens (primary N) is 1. The zero-order chi connectivity index (χ0) is 7.02. The van der Waals surface area contributed by atoms with Gasteiger partial charge >= 0.3 is 0 Å². The van der Waals surface area contributed by atoms with E-state index in [-0.39, 0.29) is 5.71 Å². The van der Waals surface area contributed by atoms with Gasteiger partial charge in [-0.3, -0.25) is 14.6 Å². The van der Waals surface area contributed by atoms with Crippen LogP contribution in [0.3, 0.4) is 0 Å². The minimum atomic E-state index is -0.748. The van der Waals surface area contributed by atoms with Crippen LogP contribution in [0.5, 0.6) is 0 Å². The average molecular weight is 126 g/mol. The molecule has 1 aliphatic rings. The fourth-order valence-corrected chi connectivity index (χ4v) is 0.696. The molecule has 0 aromatic carbocycles. The summed E-state index contributed by atoms with van der Waals surface area (Å²) < 4.78 is 0. The lowest BCUT2D eigenvalue weighted by Crippen LogP contribution is -2.58. The Bertz CT molecular complexity index is 207. The van der Waals surface area contributed by atoms with Gasteiger partial charge in [0.15, 0.2) is 0 Å². The molecule has 0 radical (unpaired) electrons. The molecule has 4 nitrogen and oxygen atoms in total. The van der Waals surface area contributed by atoms with Crippen LogP contribution in [0.4, 0.5) is 0 Å². The van der Waals surface area contributed by atoms with Crippen LogP contribution in [0.1, 0.15) is 0 Å². The lowest BCUT2D eigenvalue weighted by molar-refractivity contribution is -0.135. The Hall–Kier alpha value is -1.03. The third kappa shape index (κ3) is 0.598. The van der Waals surface area contributed by atoms with E-state index in [1.54, 1.807) is 0 Å². The molecule has 0 aliphatic heterocycles. The Kier molecular flexibility index (Phi) is 1.17. The highest BCUT2D eigenvalue weighted by atomic mass is 16.2. The summed E-state index contributed by atoms with van der Waals surface area (Å²) in [6.45, 7) is 0. The summed E-state index contributed by atoms with van der Waals surface area (Å²) in [5, 5.41) is 0. The molecular weight excluding hydrogens is 120 g/mol. The third-order valence-electron chi connectivity index (χ3n) is 1.27. The number of aliphatic imine (C=N–C) groups is 1. The number of ketones is 2. The van der Waals surface area contributed by atoms with Gasteiger partial charge in [-0.2, -0.15) is 0 Å². The van der Waals surface area contributed by atoms with Gasteiger partial charge in [0, 0.05) is 7.05 Å². The van der Waals surface area contributed by atoms with Crippen molar-refractivity contribution >= 4 is 17.3 Å². The molecule has 0 bridgehead atoms. The number of Topliss-reactive ketones (excluding diaryl/α,β-unsaturated/α-hetero) is 2. The van der Waals surface area contributed by atoms with E-state index >= 15 is 0 Å². The standard InChI is InChI=1S/C5H6N2O2/c1-7-3-2(6)4(8)5(3)9/h2H,6H2,1H3/b7-3-/t2-/m1/s1. The molecule has 0 amide bonds. The van der Waals surface area contributed by atoms with Crippen molar-refractivity contribution in [3.8, 4) is 0 Å². The molecule has 48 valence electrons. The molecule has 1 atom stereocenters. The van der Waals surface area contributed by atoms with Crippen LogP contribution in [-0.2, 0) is 9.59 Å². The molecule has 0 saturated heterocycles. The first-order valence-electron chi connectivity index (χ1n) is 2.49. The van der Waals surface area contributed by atoms with Crippen molar-refractivity contribution in [2.75, 3.05) is 7.05 Å². The van der Waals surface area contributed by atoms with Crippen molar-refractivity contribution in [1.82, 2.24) is 0 Å². The van der Waals surface area contributed by atoms with Crippen molar-refractivity contribution in [2.45, 2.75) is 6.04 Å². The molecule has 4 heteroatoms. The maximum atomic E-state index is 10.4. The molecule has 9 heavy (non-hydrogen) atoms. The lowest BCUT2D eigenvalue weighted by Gasteiger charge is -2.19. The highest BCUT2D eigenvalue weighted by Crippen LogP contribution is 2.03. The van der Waals surface area contributed by atoms with Crippen LogP contribution in [0, 0.1) is 0 Å². The molecule has 1 saturated carbocycles. The fourth-order valence-electron chi connectivity index (χ4n) is 0.696. The van der Waals surface area contributed by atoms with E-state index < -0.39 is 17.6 Å². The lowest BCUT2D eigenvalue weighted by atomic mass is 9.87.